The molecule has 5 heterocycles. The SMILES string of the molecule is CC1(C)Cc2c(sc3c2N2NNN=C2N2NNNC32)CO1. The van der Waals surface area contributed by atoms with Gasteiger partial charge in [0.25, 0.3) is 5.96 Å². The van der Waals surface area contributed by atoms with Crippen LogP contribution < -0.4 is 32.6 Å². The summed E-state index contributed by atoms with van der Waals surface area (Å²) in [5.74, 6) is 0.787. The molecule has 0 aromatic carbocycles. The van der Waals surface area contributed by atoms with Gasteiger partial charge in [-0.15, -0.1) is 22.0 Å². The van der Waals surface area contributed by atoms with Crippen molar-refractivity contribution in [2.75, 3.05) is 5.01 Å². The minimum Gasteiger partial charge on any atom is -0.370 e. The van der Waals surface area contributed by atoms with Crippen molar-refractivity contribution in [3.05, 3.63) is 15.3 Å². The molecule has 21 heavy (non-hydrogen) atoms. The van der Waals surface area contributed by atoms with Crippen LogP contribution in [-0.4, -0.2) is 16.6 Å². The van der Waals surface area contributed by atoms with Gasteiger partial charge in [-0.3, -0.25) is 0 Å². The normalized spacial score (nSPS) is 28.5. The number of hydrogen-bond donors (Lipinski definition) is 5. The molecule has 5 rings (SSSR count). The van der Waals surface area contributed by atoms with E-state index in [1.54, 1.807) is 11.3 Å². The first-order valence-corrected chi connectivity index (χ1v) is 7.68. The third-order valence-corrected chi connectivity index (χ3v) is 5.38. The third kappa shape index (κ3) is 1.54. The molecule has 4 aliphatic heterocycles. The van der Waals surface area contributed by atoms with Crippen LogP contribution in [0.15, 0.2) is 5.10 Å². The lowest BCUT2D eigenvalue weighted by Crippen LogP contribution is -2.55. The van der Waals surface area contributed by atoms with Crippen molar-refractivity contribution in [1.82, 2.24) is 32.6 Å². The monoisotopic (exact) mass is 308 g/mol. The Kier molecular flexibility index (Phi) is 2.23. The van der Waals surface area contributed by atoms with Crippen LogP contribution >= 0.6 is 11.3 Å². The van der Waals surface area contributed by atoms with Crippen LogP contribution in [0.2, 0.25) is 0 Å². The highest BCUT2D eigenvalue weighted by Crippen LogP contribution is 2.48. The van der Waals surface area contributed by atoms with Crippen molar-refractivity contribution < 1.29 is 4.74 Å². The maximum Gasteiger partial charge on any atom is 0.258 e. The van der Waals surface area contributed by atoms with E-state index in [-0.39, 0.29) is 11.8 Å². The second-order valence-electron chi connectivity index (χ2n) is 6.07. The molecule has 10 heteroatoms. The van der Waals surface area contributed by atoms with Crippen LogP contribution in [-0.2, 0) is 17.8 Å². The highest BCUT2D eigenvalue weighted by molar-refractivity contribution is 7.13. The molecule has 1 aromatic rings. The summed E-state index contributed by atoms with van der Waals surface area (Å²) in [5.41, 5.74) is 17.6. The van der Waals surface area contributed by atoms with Crippen molar-refractivity contribution in [2.24, 2.45) is 5.10 Å². The summed E-state index contributed by atoms with van der Waals surface area (Å²) in [5, 5.41) is 8.24. The van der Waals surface area contributed by atoms with E-state index in [1.165, 1.54) is 21.0 Å². The Hall–Kier alpha value is -1.43. The van der Waals surface area contributed by atoms with Crippen molar-refractivity contribution in [2.45, 2.75) is 38.6 Å². The number of hydrogen-bond acceptors (Lipinski definition) is 10. The molecule has 0 saturated carbocycles. The van der Waals surface area contributed by atoms with Crippen LogP contribution in [0, 0.1) is 0 Å². The van der Waals surface area contributed by atoms with Gasteiger partial charge in [0, 0.05) is 11.3 Å². The molecule has 112 valence electrons. The molecule has 9 nitrogen and oxygen atoms in total. The molecule has 1 unspecified atom stereocenters. The first kappa shape index (κ1) is 12.1. The quantitative estimate of drug-likeness (QED) is 0.440. The van der Waals surface area contributed by atoms with E-state index in [9.17, 15) is 0 Å². The molecular formula is C11H16N8OS. The van der Waals surface area contributed by atoms with Crippen LogP contribution in [0.3, 0.4) is 0 Å². The minimum absolute atomic E-state index is 0.0235. The van der Waals surface area contributed by atoms with Gasteiger partial charge in [0.2, 0.25) is 0 Å². The van der Waals surface area contributed by atoms with Crippen molar-refractivity contribution in [1.29, 1.82) is 0 Å². The highest BCUT2D eigenvalue weighted by Gasteiger charge is 2.46. The van der Waals surface area contributed by atoms with Crippen LogP contribution in [0.4, 0.5) is 5.69 Å². The van der Waals surface area contributed by atoms with Gasteiger partial charge in [0.1, 0.15) is 6.17 Å². The maximum atomic E-state index is 5.95. The van der Waals surface area contributed by atoms with E-state index in [1.807, 2.05) is 10.0 Å². The second kappa shape index (κ2) is 3.85. The minimum atomic E-state index is -0.136. The smallest absolute Gasteiger partial charge is 0.258 e. The lowest BCUT2D eigenvalue weighted by Gasteiger charge is -2.36. The zero-order chi connectivity index (χ0) is 14.2. The summed E-state index contributed by atoms with van der Waals surface area (Å²) in [7, 11) is 0. The van der Waals surface area contributed by atoms with Crippen molar-refractivity contribution >= 4 is 23.0 Å². The Balaban J connectivity index is 1.70. The molecule has 1 saturated heterocycles. The molecule has 1 fully saturated rings. The average molecular weight is 308 g/mol. The number of nitrogens with one attached hydrogen (secondary N) is 5. The summed E-state index contributed by atoms with van der Waals surface area (Å²) in [6.07, 6.45) is 0.920. The van der Waals surface area contributed by atoms with Gasteiger partial charge in [0.15, 0.2) is 0 Å². The fourth-order valence-corrected chi connectivity index (χ4v) is 4.43. The van der Waals surface area contributed by atoms with E-state index >= 15 is 0 Å². The molecule has 4 aliphatic rings. The average Bonchev–Trinajstić information content (AvgIpc) is 3.13. The molecule has 0 bridgehead atoms. The number of hydrazine groups is 5. The van der Waals surface area contributed by atoms with Gasteiger partial charge in [-0.05, 0) is 19.4 Å². The van der Waals surface area contributed by atoms with E-state index in [0.29, 0.717) is 6.61 Å². The standard InChI is InChI=1S/C11H16N8OS/c1-11(2)3-5-6(4-20-11)21-8-7(5)18-10(13-15-16-18)19-9(8)12-14-17-19/h9,12,14-17H,3-4H2,1-2H3. The van der Waals surface area contributed by atoms with E-state index in [0.717, 1.165) is 12.4 Å². The van der Waals surface area contributed by atoms with Crippen molar-refractivity contribution in [3.8, 4) is 0 Å². The van der Waals surface area contributed by atoms with Crippen LogP contribution in [0.1, 0.15) is 35.3 Å². The Morgan fingerprint density at radius 2 is 2.29 bits per heavy atom. The number of guanidine groups is 1. The molecule has 0 radical (unpaired) electrons. The Bertz CT molecular complexity index is 655. The number of nitrogens with zero attached hydrogens (tertiary/aromatic N) is 3. The molecule has 5 N–H and O–H groups in total. The molecule has 1 atom stereocenters. The summed E-state index contributed by atoms with van der Waals surface area (Å²) in [6, 6.07) is 0. The first-order chi connectivity index (χ1) is 10.1. The number of ether oxygens (including phenoxy) is 1. The number of rotatable bonds is 0. The molecular weight excluding hydrogens is 292 g/mol. The molecule has 0 amide bonds. The molecule has 1 aromatic heterocycles. The van der Waals surface area contributed by atoms with E-state index in [4.69, 9.17) is 4.74 Å². The summed E-state index contributed by atoms with van der Waals surface area (Å²) in [6.45, 7) is 4.94. The number of thiophene rings is 1. The topological polar surface area (TPSA) is 88.2 Å². The molecule has 0 spiro atoms. The highest BCUT2D eigenvalue weighted by atomic mass is 32.1. The fourth-order valence-electron chi connectivity index (χ4n) is 3.17. The zero-order valence-electron chi connectivity index (χ0n) is 11.6. The lowest BCUT2D eigenvalue weighted by molar-refractivity contribution is -0.0381. The first-order valence-electron chi connectivity index (χ1n) is 6.86. The second-order valence-corrected chi connectivity index (χ2v) is 7.20. The third-order valence-electron chi connectivity index (χ3n) is 4.13. The Morgan fingerprint density at radius 1 is 1.38 bits per heavy atom. The fraction of sp³-hybridized carbons (Fsp3) is 0.545. The maximum absolute atomic E-state index is 5.95. The van der Waals surface area contributed by atoms with Gasteiger partial charge >= 0.3 is 0 Å². The predicted octanol–water partition coefficient (Wildman–Crippen LogP) is -0.459. The van der Waals surface area contributed by atoms with Gasteiger partial charge in [-0.25, -0.2) is 21.0 Å². The Labute approximate surface area is 125 Å². The summed E-state index contributed by atoms with van der Waals surface area (Å²) < 4.78 is 5.95. The number of hydrazone groups is 1. The van der Waals surface area contributed by atoms with Crippen molar-refractivity contribution in [3.63, 3.8) is 0 Å². The van der Waals surface area contributed by atoms with Crippen LogP contribution in [0.5, 0.6) is 0 Å². The lowest BCUT2D eigenvalue weighted by atomic mass is 9.94. The predicted molar refractivity (Wildman–Crippen MR) is 77.1 cm³/mol. The Morgan fingerprint density at radius 3 is 3.19 bits per heavy atom. The van der Waals surface area contributed by atoms with Crippen LogP contribution in [0.25, 0.3) is 0 Å². The molecule has 0 aliphatic carbocycles. The van der Waals surface area contributed by atoms with E-state index in [2.05, 4.69) is 46.5 Å². The van der Waals surface area contributed by atoms with Gasteiger partial charge in [-0.2, -0.15) is 11.1 Å². The van der Waals surface area contributed by atoms with Gasteiger partial charge in [0.05, 0.1) is 22.8 Å². The summed E-state index contributed by atoms with van der Waals surface area (Å²) >= 11 is 1.79. The van der Waals surface area contributed by atoms with E-state index < -0.39 is 0 Å². The zero-order valence-corrected chi connectivity index (χ0v) is 12.5. The number of fused-ring (bicyclic) bond motifs is 8. The largest absolute Gasteiger partial charge is 0.370 e. The number of anilines is 1. The van der Waals surface area contributed by atoms with Gasteiger partial charge < -0.3 is 4.74 Å². The summed E-state index contributed by atoms with van der Waals surface area (Å²) in [4.78, 5) is 2.54. The van der Waals surface area contributed by atoms with Gasteiger partial charge in [-0.1, -0.05) is 0 Å².